The lowest BCUT2D eigenvalue weighted by molar-refractivity contribution is 0.624. The molecule has 0 atom stereocenters. The van der Waals surface area contributed by atoms with Crippen molar-refractivity contribution >= 4 is 17.3 Å². The lowest BCUT2D eigenvalue weighted by Gasteiger charge is -2.09. The fourth-order valence-electron chi connectivity index (χ4n) is 1.62. The van der Waals surface area contributed by atoms with Crippen molar-refractivity contribution in [1.29, 1.82) is 0 Å². The van der Waals surface area contributed by atoms with Crippen LogP contribution >= 0.6 is 11.6 Å². The molecule has 0 amide bonds. The Hall–Kier alpha value is -1.88. The van der Waals surface area contributed by atoms with Crippen molar-refractivity contribution in [1.82, 2.24) is 9.55 Å². The predicted octanol–water partition coefficient (Wildman–Crippen LogP) is 1.97. The Labute approximate surface area is 108 Å². The Morgan fingerprint density at radius 2 is 2.22 bits per heavy atom. The molecule has 0 unspecified atom stereocenters. The van der Waals surface area contributed by atoms with E-state index in [1.807, 2.05) is 0 Å². The van der Waals surface area contributed by atoms with E-state index in [9.17, 15) is 9.18 Å². The van der Waals surface area contributed by atoms with Gasteiger partial charge in [0.2, 0.25) is 0 Å². The number of nitrogens with zero attached hydrogens (tertiary/aromatic N) is 2. The Balaban J connectivity index is 2.41. The largest absolute Gasteiger partial charge is 0.392 e. The van der Waals surface area contributed by atoms with Crippen LogP contribution in [0.2, 0.25) is 5.15 Å². The summed E-state index contributed by atoms with van der Waals surface area (Å²) in [6.45, 7) is 2.05. The van der Waals surface area contributed by atoms with Gasteiger partial charge in [0.15, 0.2) is 5.15 Å². The van der Waals surface area contributed by atoms with E-state index >= 15 is 0 Å². The molecule has 0 radical (unpaired) electrons. The number of nitrogen functional groups attached to an aromatic ring is 1. The van der Waals surface area contributed by atoms with Gasteiger partial charge in [-0.25, -0.2) is 9.37 Å². The zero-order valence-electron chi connectivity index (χ0n) is 9.65. The summed E-state index contributed by atoms with van der Waals surface area (Å²) in [4.78, 5) is 15.6. The van der Waals surface area contributed by atoms with Crippen molar-refractivity contribution in [2.75, 3.05) is 5.73 Å². The van der Waals surface area contributed by atoms with Gasteiger partial charge >= 0.3 is 0 Å². The summed E-state index contributed by atoms with van der Waals surface area (Å²) in [7, 11) is 0. The first kappa shape index (κ1) is 12.6. The highest BCUT2D eigenvalue weighted by Crippen LogP contribution is 2.13. The molecule has 1 aromatic carbocycles. The Morgan fingerprint density at radius 3 is 2.89 bits per heavy atom. The average Bonchev–Trinajstić information content (AvgIpc) is 2.33. The minimum absolute atomic E-state index is 0.00734. The standard InChI is InChI=1S/C12H11ClFN3O/c1-7-4-9(14)3-2-8(7)5-17-6-16-11(13)10(15)12(17)18/h2-4,6H,5,15H2,1H3. The first-order valence-electron chi connectivity index (χ1n) is 5.24. The third kappa shape index (κ3) is 2.36. The minimum atomic E-state index is -0.404. The van der Waals surface area contributed by atoms with Crippen LogP contribution in [0.1, 0.15) is 11.1 Å². The SMILES string of the molecule is Cc1cc(F)ccc1Cn1cnc(Cl)c(N)c1=O. The molecular formula is C12H11ClFN3O. The average molecular weight is 268 g/mol. The van der Waals surface area contributed by atoms with Crippen molar-refractivity contribution in [3.63, 3.8) is 0 Å². The predicted molar refractivity (Wildman–Crippen MR) is 68.2 cm³/mol. The van der Waals surface area contributed by atoms with Crippen LogP contribution in [-0.4, -0.2) is 9.55 Å². The first-order valence-corrected chi connectivity index (χ1v) is 5.62. The normalized spacial score (nSPS) is 10.6. The number of halogens is 2. The molecule has 0 aliphatic rings. The van der Waals surface area contributed by atoms with Gasteiger partial charge in [-0.3, -0.25) is 9.36 Å². The third-order valence-electron chi connectivity index (χ3n) is 2.67. The summed E-state index contributed by atoms with van der Waals surface area (Å²) in [5.74, 6) is -0.308. The Morgan fingerprint density at radius 1 is 1.50 bits per heavy atom. The van der Waals surface area contributed by atoms with Crippen LogP contribution in [0.4, 0.5) is 10.1 Å². The van der Waals surface area contributed by atoms with E-state index < -0.39 is 5.56 Å². The number of aryl methyl sites for hydroxylation is 1. The van der Waals surface area contributed by atoms with Crippen LogP contribution in [0, 0.1) is 12.7 Å². The third-order valence-corrected chi connectivity index (χ3v) is 2.97. The molecule has 0 saturated carbocycles. The summed E-state index contributed by atoms with van der Waals surface area (Å²) in [6, 6.07) is 4.38. The Kier molecular flexibility index (Phi) is 3.34. The van der Waals surface area contributed by atoms with Gasteiger partial charge in [0, 0.05) is 0 Å². The summed E-state index contributed by atoms with van der Waals surface area (Å²) in [6.07, 6.45) is 1.32. The molecule has 0 aliphatic carbocycles. The quantitative estimate of drug-likeness (QED) is 0.847. The van der Waals surface area contributed by atoms with E-state index in [-0.39, 0.29) is 23.2 Å². The van der Waals surface area contributed by atoms with Crippen LogP contribution in [0.3, 0.4) is 0 Å². The highest BCUT2D eigenvalue weighted by Gasteiger charge is 2.08. The molecule has 6 heteroatoms. The lowest BCUT2D eigenvalue weighted by atomic mass is 10.1. The van der Waals surface area contributed by atoms with E-state index in [1.165, 1.54) is 23.0 Å². The van der Waals surface area contributed by atoms with Gasteiger partial charge in [-0.1, -0.05) is 17.7 Å². The highest BCUT2D eigenvalue weighted by molar-refractivity contribution is 6.31. The second kappa shape index (κ2) is 4.78. The maximum atomic E-state index is 13.0. The number of nitrogens with two attached hydrogens (primary N) is 1. The van der Waals surface area contributed by atoms with E-state index in [4.69, 9.17) is 17.3 Å². The smallest absolute Gasteiger partial charge is 0.278 e. The second-order valence-electron chi connectivity index (χ2n) is 3.95. The van der Waals surface area contributed by atoms with Crippen molar-refractivity contribution in [3.05, 3.63) is 57.0 Å². The monoisotopic (exact) mass is 267 g/mol. The molecule has 0 saturated heterocycles. The fraction of sp³-hybridized carbons (Fsp3) is 0.167. The van der Waals surface area contributed by atoms with Crippen LogP contribution in [-0.2, 0) is 6.54 Å². The molecule has 0 spiro atoms. The Bertz CT molecular complexity index is 654. The van der Waals surface area contributed by atoms with E-state index in [0.29, 0.717) is 0 Å². The minimum Gasteiger partial charge on any atom is -0.392 e. The summed E-state index contributed by atoms with van der Waals surface area (Å²) in [5, 5.41) is -0.00734. The van der Waals surface area contributed by atoms with Crippen LogP contribution in [0.25, 0.3) is 0 Å². The number of rotatable bonds is 2. The summed E-state index contributed by atoms with van der Waals surface area (Å²) >= 11 is 5.64. The molecule has 1 aromatic heterocycles. The van der Waals surface area contributed by atoms with Crippen molar-refractivity contribution < 1.29 is 4.39 Å². The highest BCUT2D eigenvalue weighted by atomic mass is 35.5. The number of hydrogen-bond acceptors (Lipinski definition) is 3. The summed E-state index contributed by atoms with van der Waals surface area (Å²) < 4.78 is 14.3. The van der Waals surface area contributed by atoms with Crippen LogP contribution < -0.4 is 11.3 Å². The van der Waals surface area contributed by atoms with Gasteiger partial charge in [0.05, 0.1) is 12.9 Å². The summed E-state index contributed by atoms with van der Waals surface area (Å²) in [5.41, 5.74) is 6.60. The van der Waals surface area contributed by atoms with Gasteiger partial charge in [-0.05, 0) is 30.2 Å². The van der Waals surface area contributed by atoms with E-state index in [1.54, 1.807) is 13.0 Å². The molecule has 0 fully saturated rings. The molecule has 0 aliphatic heterocycles. The molecule has 94 valence electrons. The molecule has 2 N–H and O–H groups in total. The number of hydrogen-bond donors (Lipinski definition) is 1. The molecule has 1 heterocycles. The lowest BCUT2D eigenvalue weighted by Crippen LogP contribution is -2.24. The van der Waals surface area contributed by atoms with Gasteiger partial charge < -0.3 is 5.73 Å². The van der Waals surface area contributed by atoms with Gasteiger partial charge in [-0.2, -0.15) is 0 Å². The molecule has 0 bridgehead atoms. The molecule has 2 rings (SSSR count). The first-order chi connectivity index (χ1) is 8.49. The molecule has 2 aromatic rings. The molecular weight excluding hydrogens is 257 g/mol. The zero-order chi connectivity index (χ0) is 13.3. The maximum Gasteiger partial charge on any atom is 0.278 e. The maximum absolute atomic E-state index is 13.0. The van der Waals surface area contributed by atoms with E-state index in [2.05, 4.69) is 4.98 Å². The van der Waals surface area contributed by atoms with Crippen molar-refractivity contribution in [3.8, 4) is 0 Å². The van der Waals surface area contributed by atoms with Crippen molar-refractivity contribution in [2.45, 2.75) is 13.5 Å². The van der Waals surface area contributed by atoms with Crippen molar-refractivity contribution in [2.24, 2.45) is 0 Å². The molecule has 4 nitrogen and oxygen atoms in total. The fourth-order valence-corrected chi connectivity index (χ4v) is 1.74. The van der Waals surface area contributed by atoms with Crippen LogP contribution in [0.5, 0.6) is 0 Å². The number of benzene rings is 1. The van der Waals surface area contributed by atoms with Gasteiger partial charge in [0.1, 0.15) is 11.5 Å². The van der Waals surface area contributed by atoms with Crippen LogP contribution in [0.15, 0.2) is 29.3 Å². The topological polar surface area (TPSA) is 60.9 Å². The molecule has 18 heavy (non-hydrogen) atoms. The van der Waals surface area contributed by atoms with Gasteiger partial charge in [-0.15, -0.1) is 0 Å². The van der Waals surface area contributed by atoms with E-state index in [0.717, 1.165) is 11.1 Å². The zero-order valence-corrected chi connectivity index (χ0v) is 10.4. The second-order valence-corrected chi connectivity index (χ2v) is 4.31. The number of anilines is 1. The number of aromatic nitrogens is 2. The van der Waals surface area contributed by atoms with Gasteiger partial charge in [0.25, 0.3) is 5.56 Å².